The van der Waals surface area contributed by atoms with Crippen molar-refractivity contribution in [2.75, 3.05) is 0 Å². The molecule has 28 heavy (non-hydrogen) atoms. The van der Waals surface area contributed by atoms with Gasteiger partial charge in [-0.3, -0.25) is 0 Å². The first kappa shape index (κ1) is 19.4. The van der Waals surface area contributed by atoms with E-state index in [1.165, 1.54) is 12.1 Å². The Bertz CT molecular complexity index is 969. The largest absolute Gasteiger partial charge is 0.454 e. The van der Waals surface area contributed by atoms with Gasteiger partial charge in [-0.25, -0.2) is 8.78 Å². The molecule has 0 saturated heterocycles. The summed E-state index contributed by atoms with van der Waals surface area (Å²) >= 11 is 0. The molecule has 4 heteroatoms. The zero-order valence-corrected chi connectivity index (χ0v) is 15.8. The van der Waals surface area contributed by atoms with Crippen LogP contribution in [-0.2, 0) is 0 Å². The van der Waals surface area contributed by atoms with E-state index in [1.807, 2.05) is 13.8 Å². The summed E-state index contributed by atoms with van der Waals surface area (Å²) in [5.74, 6) is 0.286. The first-order valence-electron chi connectivity index (χ1n) is 8.72. The maximum absolute atomic E-state index is 14.2. The Morgan fingerprint density at radius 2 is 1.04 bits per heavy atom. The summed E-state index contributed by atoms with van der Waals surface area (Å²) < 4.78 is 39.8. The van der Waals surface area contributed by atoms with Gasteiger partial charge in [0.25, 0.3) is 0 Å². The van der Waals surface area contributed by atoms with Crippen LogP contribution >= 0.6 is 0 Å². The summed E-state index contributed by atoms with van der Waals surface area (Å²) in [6.07, 6.45) is 3.13. The van der Waals surface area contributed by atoms with Crippen LogP contribution in [0, 0.1) is 25.5 Å². The average molecular weight is 378 g/mol. The Kier molecular flexibility index (Phi) is 5.59. The fourth-order valence-corrected chi connectivity index (χ4v) is 2.67. The van der Waals surface area contributed by atoms with E-state index in [2.05, 4.69) is 13.2 Å². The molecule has 142 valence electrons. The van der Waals surface area contributed by atoms with E-state index in [0.717, 1.165) is 11.1 Å². The maximum Gasteiger partial charge on any atom is 0.166 e. The molecule has 0 atom stereocenters. The number of ether oxygens (including phenoxy) is 2. The zero-order chi connectivity index (χ0) is 20.3. The highest BCUT2D eigenvalue weighted by Crippen LogP contribution is 2.35. The summed E-state index contributed by atoms with van der Waals surface area (Å²) in [4.78, 5) is 0. The highest BCUT2D eigenvalue weighted by molar-refractivity contribution is 5.53. The van der Waals surface area contributed by atoms with Gasteiger partial charge in [0.15, 0.2) is 23.1 Å². The highest BCUT2D eigenvalue weighted by atomic mass is 19.1. The van der Waals surface area contributed by atoms with Gasteiger partial charge in [-0.15, -0.1) is 0 Å². The molecule has 0 aromatic heterocycles. The Morgan fingerprint density at radius 1 is 0.643 bits per heavy atom. The smallest absolute Gasteiger partial charge is 0.166 e. The van der Waals surface area contributed by atoms with Gasteiger partial charge < -0.3 is 9.47 Å². The van der Waals surface area contributed by atoms with Crippen molar-refractivity contribution >= 4 is 12.2 Å². The fourth-order valence-electron chi connectivity index (χ4n) is 2.67. The number of aryl methyl sites for hydroxylation is 2. The van der Waals surface area contributed by atoms with Crippen molar-refractivity contribution in [1.29, 1.82) is 0 Å². The first-order valence-corrected chi connectivity index (χ1v) is 8.72. The summed E-state index contributed by atoms with van der Waals surface area (Å²) in [7, 11) is 0. The van der Waals surface area contributed by atoms with Gasteiger partial charge in [-0.2, -0.15) is 0 Å². The third-order valence-electron chi connectivity index (χ3n) is 4.30. The number of hydrogen-bond acceptors (Lipinski definition) is 2. The van der Waals surface area contributed by atoms with E-state index in [1.54, 1.807) is 48.6 Å². The molecule has 0 amide bonds. The van der Waals surface area contributed by atoms with Gasteiger partial charge in [-0.05, 0) is 72.5 Å². The van der Waals surface area contributed by atoms with Crippen LogP contribution in [-0.4, -0.2) is 0 Å². The molecule has 0 N–H and O–H groups in total. The number of hydrogen-bond donors (Lipinski definition) is 0. The van der Waals surface area contributed by atoms with Crippen LogP contribution < -0.4 is 9.47 Å². The fraction of sp³-hybridized carbons (Fsp3) is 0.0833. The second-order valence-corrected chi connectivity index (χ2v) is 6.38. The van der Waals surface area contributed by atoms with Crippen molar-refractivity contribution < 1.29 is 18.3 Å². The molecule has 0 unspecified atom stereocenters. The molecular weight excluding hydrogens is 358 g/mol. The lowest BCUT2D eigenvalue weighted by molar-refractivity contribution is 0.427. The van der Waals surface area contributed by atoms with E-state index in [-0.39, 0.29) is 11.5 Å². The van der Waals surface area contributed by atoms with Crippen molar-refractivity contribution in [3.05, 3.63) is 95.6 Å². The third-order valence-corrected chi connectivity index (χ3v) is 4.30. The minimum Gasteiger partial charge on any atom is -0.454 e. The van der Waals surface area contributed by atoms with Crippen LogP contribution in [0.4, 0.5) is 8.78 Å². The van der Waals surface area contributed by atoms with Crippen LogP contribution in [0.5, 0.6) is 23.0 Å². The minimum atomic E-state index is -0.473. The molecule has 3 aromatic rings. The lowest BCUT2D eigenvalue weighted by atomic mass is 10.1. The zero-order valence-electron chi connectivity index (χ0n) is 15.8. The maximum atomic E-state index is 14.2. The average Bonchev–Trinajstić information content (AvgIpc) is 2.68. The standard InChI is InChI=1S/C24H20F2O2/c1-5-17-7-9-21(19(25)13-17)27-23-11-16(4)24(12-15(23)3)28-22-10-8-18(6-2)14-20(22)26/h5-14H,1-2H2,3-4H3. The molecule has 3 rings (SSSR count). The second kappa shape index (κ2) is 8.09. The number of rotatable bonds is 6. The molecule has 0 fully saturated rings. The summed E-state index contributed by atoms with van der Waals surface area (Å²) in [6.45, 7) is 10.9. The molecular formula is C24H20F2O2. The van der Waals surface area contributed by atoms with Crippen LogP contribution in [0.1, 0.15) is 22.3 Å². The van der Waals surface area contributed by atoms with Gasteiger partial charge in [0.1, 0.15) is 11.5 Å². The Morgan fingerprint density at radius 3 is 1.36 bits per heavy atom. The number of halogens is 2. The Hall–Kier alpha value is -3.40. The molecule has 3 aromatic carbocycles. The molecule has 0 saturated carbocycles. The minimum absolute atomic E-state index is 0.118. The van der Waals surface area contributed by atoms with Crippen LogP contribution in [0.25, 0.3) is 12.2 Å². The summed E-state index contributed by atoms with van der Waals surface area (Å²) in [6, 6.07) is 12.8. The van der Waals surface area contributed by atoms with Crippen molar-refractivity contribution in [2.24, 2.45) is 0 Å². The van der Waals surface area contributed by atoms with Crippen molar-refractivity contribution in [2.45, 2.75) is 13.8 Å². The highest BCUT2D eigenvalue weighted by Gasteiger charge is 2.13. The van der Waals surface area contributed by atoms with Crippen molar-refractivity contribution in [1.82, 2.24) is 0 Å². The van der Waals surface area contributed by atoms with Crippen LogP contribution in [0.3, 0.4) is 0 Å². The van der Waals surface area contributed by atoms with Crippen molar-refractivity contribution in [3.63, 3.8) is 0 Å². The normalized spacial score (nSPS) is 10.4. The Balaban J connectivity index is 1.87. The quantitative estimate of drug-likeness (QED) is 0.443. The predicted octanol–water partition coefficient (Wildman–Crippen LogP) is 7.45. The van der Waals surface area contributed by atoms with Crippen molar-refractivity contribution in [3.8, 4) is 23.0 Å². The SMILES string of the molecule is C=Cc1ccc(Oc2cc(C)c(Oc3ccc(C=C)cc3F)cc2C)c(F)c1. The van der Waals surface area contributed by atoms with E-state index in [9.17, 15) is 8.78 Å². The molecule has 0 aliphatic carbocycles. The molecule has 0 bridgehead atoms. The van der Waals surface area contributed by atoms with E-state index >= 15 is 0 Å². The summed E-state index contributed by atoms with van der Waals surface area (Å²) in [5.41, 5.74) is 2.81. The molecule has 0 aliphatic rings. The van der Waals surface area contributed by atoms with Crippen LogP contribution in [0.15, 0.2) is 61.7 Å². The van der Waals surface area contributed by atoms with Crippen LogP contribution in [0.2, 0.25) is 0 Å². The Labute approximate surface area is 163 Å². The lowest BCUT2D eigenvalue weighted by Gasteiger charge is -2.15. The van der Waals surface area contributed by atoms with Gasteiger partial charge in [0.2, 0.25) is 0 Å². The van der Waals surface area contributed by atoms with E-state index in [0.29, 0.717) is 22.6 Å². The van der Waals surface area contributed by atoms with E-state index < -0.39 is 11.6 Å². The van der Waals surface area contributed by atoms with Gasteiger partial charge >= 0.3 is 0 Å². The number of benzene rings is 3. The molecule has 0 aliphatic heterocycles. The second-order valence-electron chi connectivity index (χ2n) is 6.38. The lowest BCUT2D eigenvalue weighted by Crippen LogP contribution is -1.96. The molecule has 0 heterocycles. The van der Waals surface area contributed by atoms with Gasteiger partial charge in [-0.1, -0.05) is 37.4 Å². The van der Waals surface area contributed by atoms with Gasteiger partial charge in [0, 0.05) is 0 Å². The topological polar surface area (TPSA) is 18.5 Å². The van der Waals surface area contributed by atoms with E-state index in [4.69, 9.17) is 9.47 Å². The van der Waals surface area contributed by atoms with Gasteiger partial charge in [0.05, 0.1) is 0 Å². The predicted molar refractivity (Wildman–Crippen MR) is 109 cm³/mol. The summed E-state index contributed by atoms with van der Waals surface area (Å²) in [5, 5.41) is 0. The monoisotopic (exact) mass is 378 g/mol. The molecule has 0 radical (unpaired) electrons. The first-order chi connectivity index (χ1) is 13.4. The molecule has 0 spiro atoms. The molecule has 2 nitrogen and oxygen atoms in total. The third kappa shape index (κ3) is 4.12.